The van der Waals surface area contributed by atoms with Gasteiger partial charge in [-0.2, -0.15) is 0 Å². The van der Waals surface area contributed by atoms with E-state index in [1.165, 1.54) is 7.11 Å². The predicted molar refractivity (Wildman–Crippen MR) is 223 cm³/mol. The predicted octanol–water partition coefficient (Wildman–Crippen LogP) is 6.29. The SMILES string of the molecule is COC(=O)[C@H]1CC[C@@H](CN2CCc3c(nc(C(=O)Nc4cccc(-c5cccc(NC(=O)c6nc7c(n6C)CCN(C6CCC(O)CC6)C7)c5C)c4Cl)n3C)C2)CC1. The van der Waals surface area contributed by atoms with Crippen LogP contribution in [0, 0.1) is 18.8 Å². The third-order valence-electron chi connectivity index (χ3n) is 13.2. The fourth-order valence-corrected chi connectivity index (χ4v) is 10.1. The number of imidazole rings is 2. The summed E-state index contributed by atoms with van der Waals surface area (Å²) in [5.41, 5.74) is 7.54. The zero-order valence-electron chi connectivity index (χ0n) is 34.0. The Bertz CT molecular complexity index is 2200. The zero-order valence-corrected chi connectivity index (χ0v) is 34.8. The summed E-state index contributed by atoms with van der Waals surface area (Å²) in [6, 6.07) is 11.7. The number of benzene rings is 2. The molecule has 2 aliphatic carbocycles. The summed E-state index contributed by atoms with van der Waals surface area (Å²) in [6.45, 7) is 6.11. The Morgan fingerprint density at radius 3 is 2.03 bits per heavy atom. The number of nitrogens with zero attached hydrogens (tertiary/aromatic N) is 6. The van der Waals surface area contributed by atoms with E-state index >= 15 is 0 Å². The van der Waals surface area contributed by atoms with Crippen molar-refractivity contribution in [1.29, 1.82) is 0 Å². The molecule has 2 aliphatic heterocycles. The molecule has 58 heavy (non-hydrogen) atoms. The molecule has 13 nitrogen and oxygen atoms in total. The van der Waals surface area contributed by atoms with Gasteiger partial charge in [-0.05, 0) is 87.5 Å². The van der Waals surface area contributed by atoms with Gasteiger partial charge in [0.2, 0.25) is 0 Å². The Morgan fingerprint density at radius 2 is 1.38 bits per heavy atom. The molecule has 2 saturated carbocycles. The number of aromatic nitrogens is 4. The molecule has 0 radical (unpaired) electrons. The van der Waals surface area contributed by atoms with E-state index < -0.39 is 0 Å². The number of halogens is 1. The smallest absolute Gasteiger partial charge is 0.308 e. The van der Waals surface area contributed by atoms with Gasteiger partial charge >= 0.3 is 5.97 Å². The topological polar surface area (TPSA) is 147 Å². The Kier molecular flexibility index (Phi) is 11.8. The van der Waals surface area contributed by atoms with Gasteiger partial charge < -0.3 is 29.6 Å². The van der Waals surface area contributed by atoms with Crippen molar-refractivity contribution in [2.24, 2.45) is 25.9 Å². The number of aliphatic hydroxyl groups is 1. The van der Waals surface area contributed by atoms with Gasteiger partial charge in [-0.25, -0.2) is 9.97 Å². The van der Waals surface area contributed by atoms with Crippen LogP contribution in [0.1, 0.15) is 101 Å². The Morgan fingerprint density at radius 1 is 0.793 bits per heavy atom. The molecule has 3 N–H and O–H groups in total. The number of aliphatic hydroxyl groups excluding tert-OH is 1. The van der Waals surface area contributed by atoms with Crippen molar-refractivity contribution in [1.82, 2.24) is 28.9 Å². The molecule has 4 aliphatic rings. The lowest BCUT2D eigenvalue weighted by Gasteiger charge is -2.37. The first-order valence-electron chi connectivity index (χ1n) is 20.8. The molecule has 0 bridgehead atoms. The molecular formula is C44H55ClN8O5. The van der Waals surface area contributed by atoms with Crippen LogP contribution in [0.25, 0.3) is 11.1 Å². The maximum absolute atomic E-state index is 13.8. The fraction of sp³-hybridized carbons (Fsp3) is 0.523. The van der Waals surface area contributed by atoms with Crippen molar-refractivity contribution in [2.75, 3.05) is 37.4 Å². The number of amides is 2. The Labute approximate surface area is 345 Å². The monoisotopic (exact) mass is 810 g/mol. The normalized spacial score (nSPS) is 22.5. The minimum Gasteiger partial charge on any atom is -0.469 e. The van der Waals surface area contributed by atoms with Crippen molar-refractivity contribution >= 4 is 40.8 Å². The summed E-state index contributed by atoms with van der Waals surface area (Å²) >= 11 is 7.05. The lowest BCUT2D eigenvalue weighted by molar-refractivity contribution is -0.146. The number of ether oxygens (including phenoxy) is 1. The highest BCUT2D eigenvalue weighted by Crippen LogP contribution is 2.38. The summed E-state index contributed by atoms with van der Waals surface area (Å²) < 4.78 is 8.78. The molecule has 4 heterocycles. The minimum atomic E-state index is -0.334. The van der Waals surface area contributed by atoms with E-state index in [0.717, 1.165) is 123 Å². The third-order valence-corrected chi connectivity index (χ3v) is 13.6. The molecule has 2 aromatic heterocycles. The number of esters is 1. The maximum atomic E-state index is 13.8. The number of nitrogens with one attached hydrogen (secondary N) is 2. The van der Waals surface area contributed by atoms with Gasteiger partial charge in [-0.3, -0.25) is 24.2 Å². The van der Waals surface area contributed by atoms with E-state index in [1.807, 2.05) is 60.5 Å². The quantitative estimate of drug-likeness (QED) is 0.166. The largest absolute Gasteiger partial charge is 0.469 e. The van der Waals surface area contributed by atoms with Crippen molar-refractivity contribution in [3.05, 3.63) is 81.4 Å². The summed E-state index contributed by atoms with van der Waals surface area (Å²) in [6.07, 6.45) is 8.86. The van der Waals surface area contributed by atoms with Crippen LogP contribution >= 0.6 is 11.6 Å². The number of methoxy groups -OCH3 is 1. The van der Waals surface area contributed by atoms with Crippen molar-refractivity contribution in [2.45, 2.75) is 96.4 Å². The summed E-state index contributed by atoms with van der Waals surface area (Å²) in [7, 11) is 5.27. The lowest BCUT2D eigenvalue weighted by atomic mass is 9.81. The molecule has 2 amide bonds. The molecule has 8 rings (SSSR count). The van der Waals surface area contributed by atoms with Crippen molar-refractivity contribution < 1.29 is 24.2 Å². The van der Waals surface area contributed by atoms with Crippen LogP contribution in [0.5, 0.6) is 0 Å². The molecular weight excluding hydrogens is 756 g/mol. The number of carbonyl (C=O) groups excluding carboxylic acids is 3. The Hall–Kier alpha value is -4.56. The van der Waals surface area contributed by atoms with E-state index in [2.05, 4.69) is 20.4 Å². The van der Waals surface area contributed by atoms with Gasteiger partial charge in [-0.15, -0.1) is 0 Å². The molecule has 0 atom stereocenters. The van der Waals surface area contributed by atoms with Crippen LogP contribution in [-0.2, 0) is 49.6 Å². The van der Waals surface area contributed by atoms with Crippen LogP contribution in [0.3, 0.4) is 0 Å². The first kappa shape index (κ1) is 40.2. The zero-order chi connectivity index (χ0) is 40.7. The number of hydrogen-bond donors (Lipinski definition) is 3. The summed E-state index contributed by atoms with van der Waals surface area (Å²) in [4.78, 5) is 54.1. The summed E-state index contributed by atoms with van der Waals surface area (Å²) in [5.74, 6) is 0.559. The van der Waals surface area contributed by atoms with Crippen molar-refractivity contribution in [3.63, 3.8) is 0 Å². The van der Waals surface area contributed by atoms with Gasteiger partial charge in [0, 0.05) is 88.3 Å². The molecule has 0 spiro atoms. The van der Waals surface area contributed by atoms with E-state index in [4.69, 9.17) is 26.3 Å². The number of rotatable bonds is 9. The van der Waals surface area contributed by atoms with Crippen molar-refractivity contribution in [3.8, 4) is 11.1 Å². The molecule has 308 valence electrons. The molecule has 0 unspecified atom stereocenters. The van der Waals surface area contributed by atoms with E-state index in [9.17, 15) is 19.5 Å². The van der Waals surface area contributed by atoms with Crippen LogP contribution in [0.15, 0.2) is 36.4 Å². The number of hydrogen-bond acceptors (Lipinski definition) is 9. The molecule has 14 heteroatoms. The second-order valence-electron chi connectivity index (χ2n) is 16.7. The lowest BCUT2D eigenvalue weighted by Crippen LogP contribution is -2.42. The average molecular weight is 811 g/mol. The number of fused-ring (bicyclic) bond motifs is 2. The van der Waals surface area contributed by atoms with Gasteiger partial charge in [0.1, 0.15) is 0 Å². The standard InChI is InChI=1S/C44H55ClN8O5/c1-26-31(7-5-9-33(26)48-42(55)40-47-36-25-53(22-20-38(36)51(40)3)29-15-17-30(54)18-16-29)32-8-6-10-34(39(32)45)49-43(56)41-46-35-24-52(21-19-37(35)50(41)2)23-27-11-13-28(14-12-27)44(57)58-4/h5-10,27-30,54H,11-25H2,1-4H3,(H,48,55)(H,49,56)/t27-,28+,29?,30?. The minimum absolute atomic E-state index is 0.0162. The van der Waals surface area contributed by atoms with E-state index in [-0.39, 0.29) is 29.8 Å². The Balaban J connectivity index is 0.925. The average Bonchev–Trinajstić information content (AvgIpc) is 3.74. The van der Waals surface area contributed by atoms with Crippen LogP contribution in [0.4, 0.5) is 11.4 Å². The number of carbonyl (C=O) groups is 3. The number of anilines is 2. The molecule has 2 aromatic carbocycles. The summed E-state index contributed by atoms with van der Waals surface area (Å²) in [5, 5.41) is 16.5. The third kappa shape index (κ3) is 8.06. The van der Waals surface area contributed by atoms with Gasteiger partial charge in [-0.1, -0.05) is 35.9 Å². The van der Waals surface area contributed by atoms with Crippen LogP contribution < -0.4 is 10.6 Å². The first-order valence-corrected chi connectivity index (χ1v) is 21.2. The van der Waals surface area contributed by atoms with Gasteiger partial charge in [0.05, 0.1) is 41.2 Å². The molecule has 4 aromatic rings. The van der Waals surface area contributed by atoms with Crippen LogP contribution in [0.2, 0.25) is 5.02 Å². The molecule has 0 saturated heterocycles. The van der Waals surface area contributed by atoms with Gasteiger partial charge in [0.25, 0.3) is 11.8 Å². The molecule has 2 fully saturated rings. The van der Waals surface area contributed by atoms with Crippen LogP contribution in [-0.4, -0.2) is 90.7 Å². The van der Waals surface area contributed by atoms with E-state index in [1.54, 1.807) is 6.07 Å². The highest BCUT2D eigenvalue weighted by molar-refractivity contribution is 6.36. The highest BCUT2D eigenvalue weighted by atomic mass is 35.5. The van der Waals surface area contributed by atoms with Gasteiger partial charge in [0.15, 0.2) is 11.6 Å². The highest BCUT2D eigenvalue weighted by Gasteiger charge is 2.33. The second kappa shape index (κ2) is 17.0. The van der Waals surface area contributed by atoms with E-state index in [0.29, 0.717) is 53.1 Å². The maximum Gasteiger partial charge on any atom is 0.308 e. The first-order chi connectivity index (χ1) is 28.0. The second-order valence-corrected chi connectivity index (χ2v) is 17.1. The fourth-order valence-electron chi connectivity index (χ4n) is 9.80.